The molecular formula is C20H24FN7S. The molecule has 7 nitrogen and oxygen atoms in total. The van der Waals surface area contributed by atoms with Gasteiger partial charge in [0.05, 0.1) is 17.9 Å². The van der Waals surface area contributed by atoms with Gasteiger partial charge < -0.3 is 5.32 Å². The normalized spacial score (nSPS) is 17.4. The molecule has 0 saturated carbocycles. The third-order valence-electron chi connectivity index (χ3n) is 4.94. The SMILES string of the molecule is CCc1nnc(Nc2cc(C)nc(C3CCCCN3Cc3ccc(F)cn3)n2)s1. The highest BCUT2D eigenvalue weighted by Gasteiger charge is 2.27. The van der Waals surface area contributed by atoms with Crippen LogP contribution in [0.5, 0.6) is 0 Å². The molecule has 9 heteroatoms. The number of likely N-dealkylation sites (tertiary alicyclic amines) is 1. The van der Waals surface area contributed by atoms with Crippen LogP contribution in [0.4, 0.5) is 15.3 Å². The van der Waals surface area contributed by atoms with Gasteiger partial charge in [-0.2, -0.15) is 0 Å². The number of anilines is 2. The van der Waals surface area contributed by atoms with Crippen LogP contribution in [0.15, 0.2) is 24.4 Å². The van der Waals surface area contributed by atoms with Crippen molar-refractivity contribution >= 4 is 22.3 Å². The molecule has 0 aromatic carbocycles. The lowest BCUT2D eigenvalue weighted by atomic mass is 10.0. The highest BCUT2D eigenvalue weighted by molar-refractivity contribution is 7.15. The van der Waals surface area contributed by atoms with Crippen molar-refractivity contribution in [1.29, 1.82) is 0 Å². The largest absolute Gasteiger partial charge is 0.315 e. The van der Waals surface area contributed by atoms with Gasteiger partial charge in [-0.25, -0.2) is 14.4 Å². The van der Waals surface area contributed by atoms with Crippen molar-refractivity contribution in [3.05, 3.63) is 52.4 Å². The minimum absolute atomic E-state index is 0.108. The second-order valence-electron chi connectivity index (χ2n) is 7.18. The third kappa shape index (κ3) is 4.91. The Hall–Kier alpha value is -2.52. The Morgan fingerprint density at radius 2 is 2.14 bits per heavy atom. The number of halogens is 1. The smallest absolute Gasteiger partial charge is 0.211 e. The van der Waals surface area contributed by atoms with Crippen LogP contribution in [0.1, 0.15) is 54.4 Å². The van der Waals surface area contributed by atoms with E-state index < -0.39 is 0 Å². The molecule has 29 heavy (non-hydrogen) atoms. The van der Waals surface area contributed by atoms with E-state index >= 15 is 0 Å². The summed E-state index contributed by atoms with van der Waals surface area (Å²) < 4.78 is 13.2. The number of piperidine rings is 1. The maximum Gasteiger partial charge on any atom is 0.211 e. The van der Waals surface area contributed by atoms with Crippen LogP contribution in [-0.4, -0.2) is 36.6 Å². The molecule has 1 N–H and O–H groups in total. The molecule has 4 rings (SSSR count). The van der Waals surface area contributed by atoms with E-state index in [4.69, 9.17) is 9.97 Å². The number of pyridine rings is 1. The van der Waals surface area contributed by atoms with Gasteiger partial charge in [0.25, 0.3) is 0 Å². The summed E-state index contributed by atoms with van der Waals surface area (Å²) in [6.45, 7) is 5.63. The fourth-order valence-electron chi connectivity index (χ4n) is 3.54. The van der Waals surface area contributed by atoms with Crippen LogP contribution in [0, 0.1) is 12.7 Å². The molecule has 1 fully saturated rings. The zero-order valence-electron chi connectivity index (χ0n) is 16.6. The molecule has 0 aliphatic carbocycles. The summed E-state index contributed by atoms with van der Waals surface area (Å²) in [6.07, 6.45) is 5.38. The molecular weight excluding hydrogens is 389 g/mol. The Balaban J connectivity index is 1.55. The first-order chi connectivity index (χ1) is 14.1. The van der Waals surface area contributed by atoms with Crippen LogP contribution in [0.3, 0.4) is 0 Å². The topological polar surface area (TPSA) is 79.7 Å². The number of aryl methyl sites for hydroxylation is 2. The molecule has 1 aliphatic heterocycles. The van der Waals surface area contributed by atoms with Crippen molar-refractivity contribution in [3.8, 4) is 0 Å². The summed E-state index contributed by atoms with van der Waals surface area (Å²) >= 11 is 1.54. The van der Waals surface area contributed by atoms with Gasteiger partial charge in [0.2, 0.25) is 5.13 Å². The average molecular weight is 414 g/mol. The summed E-state index contributed by atoms with van der Waals surface area (Å²) in [6, 6.07) is 5.23. The molecule has 3 aromatic rings. The second kappa shape index (κ2) is 8.87. The summed E-state index contributed by atoms with van der Waals surface area (Å²) in [5.74, 6) is 1.22. The molecule has 0 radical (unpaired) electrons. The Labute approximate surface area is 173 Å². The zero-order chi connectivity index (χ0) is 20.2. The van der Waals surface area contributed by atoms with Crippen LogP contribution < -0.4 is 5.32 Å². The number of nitrogens with zero attached hydrogens (tertiary/aromatic N) is 6. The molecule has 3 aromatic heterocycles. The molecule has 4 heterocycles. The van der Waals surface area contributed by atoms with E-state index in [9.17, 15) is 4.39 Å². The molecule has 0 bridgehead atoms. The number of nitrogens with one attached hydrogen (secondary N) is 1. The van der Waals surface area contributed by atoms with E-state index in [1.54, 1.807) is 6.07 Å². The fourth-order valence-corrected chi connectivity index (χ4v) is 4.23. The van der Waals surface area contributed by atoms with Gasteiger partial charge in [0, 0.05) is 18.3 Å². The van der Waals surface area contributed by atoms with E-state index in [1.165, 1.54) is 23.6 Å². The van der Waals surface area contributed by atoms with E-state index in [2.05, 4.69) is 32.3 Å². The first-order valence-electron chi connectivity index (χ1n) is 9.90. The Morgan fingerprint density at radius 3 is 2.90 bits per heavy atom. The van der Waals surface area contributed by atoms with Gasteiger partial charge in [-0.05, 0) is 44.9 Å². The highest BCUT2D eigenvalue weighted by Crippen LogP contribution is 2.31. The van der Waals surface area contributed by atoms with E-state index in [-0.39, 0.29) is 11.9 Å². The predicted octanol–water partition coefficient (Wildman–Crippen LogP) is 4.20. The van der Waals surface area contributed by atoms with Crippen molar-refractivity contribution in [3.63, 3.8) is 0 Å². The van der Waals surface area contributed by atoms with Crippen LogP contribution in [0.25, 0.3) is 0 Å². The van der Waals surface area contributed by atoms with Crippen LogP contribution in [0.2, 0.25) is 0 Å². The van der Waals surface area contributed by atoms with Gasteiger partial charge in [-0.3, -0.25) is 9.88 Å². The summed E-state index contributed by atoms with van der Waals surface area (Å²) in [7, 11) is 0. The van der Waals surface area contributed by atoms with Gasteiger partial charge in [0.1, 0.15) is 22.5 Å². The second-order valence-corrected chi connectivity index (χ2v) is 8.24. The lowest BCUT2D eigenvalue weighted by Gasteiger charge is -2.34. The van der Waals surface area contributed by atoms with Crippen molar-refractivity contribution in [2.45, 2.75) is 52.1 Å². The lowest BCUT2D eigenvalue weighted by Crippen LogP contribution is -2.34. The summed E-state index contributed by atoms with van der Waals surface area (Å²) in [5.41, 5.74) is 1.76. The van der Waals surface area contributed by atoms with E-state index in [0.717, 1.165) is 65.4 Å². The van der Waals surface area contributed by atoms with Gasteiger partial charge in [-0.15, -0.1) is 10.2 Å². The average Bonchev–Trinajstić information content (AvgIpc) is 3.17. The van der Waals surface area contributed by atoms with Crippen molar-refractivity contribution in [2.75, 3.05) is 11.9 Å². The van der Waals surface area contributed by atoms with Crippen LogP contribution in [-0.2, 0) is 13.0 Å². The van der Waals surface area contributed by atoms with Gasteiger partial charge >= 0.3 is 0 Å². The first-order valence-corrected chi connectivity index (χ1v) is 10.7. The molecule has 0 amide bonds. The zero-order valence-corrected chi connectivity index (χ0v) is 17.4. The third-order valence-corrected chi connectivity index (χ3v) is 5.92. The Bertz CT molecular complexity index is 960. The predicted molar refractivity (Wildman–Crippen MR) is 111 cm³/mol. The van der Waals surface area contributed by atoms with Gasteiger partial charge in [0.15, 0.2) is 0 Å². The lowest BCUT2D eigenvalue weighted by molar-refractivity contribution is 0.132. The molecule has 1 saturated heterocycles. The maximum atomic E-state index is 13.2. The van der Waals surface area contributed by atoms with Crippen molar-refractivity contribution < 1.29 is 4.39 Å². The molecule has 0 spiro atoms. The Kier molecular flexibility index (Phi) is 6.05. The van der Waals surface area contributed by atoms with Crippen molar-refractivity contribution in [2.24, 2.45) is 0 Å². The first kappa shape index (κ1) is 19.8. The summed E-state index contributed by atoms with van der Waals surface area (Å²) in [5, 5.41) is 13.3. The Morgan fingerprint density at radius 1 is 1.24 bits per heavy atom. The minimum Gasteiger partial charge on any atom is -0.315 e. The molecule has 1 aliphatic rings. The quantitative estimate of drug-likeness (QED) is 0.648. The number of hydrogen-bond donors (Lipinski definition) is 1. The monoisotopic (exact) mass is 413 g/mol. The van der Waals surface area contributed by atoms with E-state index in [0.29, 0.717) is 6.54 Å². The summed E-state index contributed by atoms with van der Waals surface area (Å²) in [4.78, 5) is 16.1. The number of rotatable bonds is 6. The maximum absolute atomic E-state index is 13.2. The highest BCUT2D eigenvalue weighted by atomic mass is 32.1. The van der Waals surface area contributed by atoms with Gasteiger partial charge in [-0.1, -0.05) is 24.7 Å². The molecule has 1 unspecified atom stereocenters. The minimum atomic E-state index is -0.315. The fraction of sp³-hybridized carbons (Fsp3) is 0.450. The van der Waals surface area contributed by atoms with Crippen molar-refractivity contribution in [1.82, 2.24) is 30.0 Å². The number of hydrogen-bond acceptors (Lipinski definition) is 8. The standard InChI is InChI=1S/C20H24FN7S/c1-3-18-26-27-20(29-18)25-17-10-13(2)23-19(24-17)16-6-4-5-9-28(16)12-15-8-7-14(21)11-22-15/h7-8,10-11,16H,3-6,9,12H2,1-2H3,(H,23,24,25,27). The molecule has 1 atom stereocenters. The molecule has 152 valence electrons. The van der Waals surface area contributed by atoms with Crippen LogP contribution >= 0.6 is 11.3 Å². The van der Waals surface area contributed by atoms with E-state index in [1.807, 2.05) is 13.0 Å². The number of aromatic nitrogens is 5.